The summed E-state index contributed by atoms with van der Waals surface area (Å²) in [6.07, 6.45) is 2.79. The maximum atomic E-state index is 12.6. The van der Waals surface area contributed by atoms with E-state index in [0.29, 0.717) is 31.0 Å². The highest BCUT2D eigenvalue weighted by molar-refractivity contribution is 7.91. The number of nitrogens with one attached hydrogen (secondary N) is 1. The summed E-state index contributed by atoms with van der Waals surface area (Å²) in [5.74, 6) is 0.156. The van der Waals surface area contributed by atoms with Gasteiger partial charge in [0.25, 0.3) is 0 Å². The number of anilines is 1. The molecule has 1 amide bonds. The summed E-state index contributed by atoms with van der Waals surface area (Å²) in [4.78, 5) is 12.6. The maximum absolute atomic E-state index is 12.6. The van der Waals surface area contributed by atoms with E-state index in [-0.39, 0.29) is 5.92 Å². The normalized spacial score (nSPS) is 28.5. The Morgan fingerprint density at radius 1 is 1.48 bits per heavy atom. The molecule has 0 spiro atoms. The van der Waals surface area contributed by atoms with Crippen molar-refractivity contribution in [3.05, 3.63) is 36.9 Å². The van der Waals surface area contributed by atoms with E-state index in [1.165, 1.54) is 11.4 Å². The molecule has 0 bridgehead atoms. The van der Waals surface area contributed by atoms with E-state index < -0.39 is 20.7 Å². The molecule has 7 heteroatoms. The fraction of sp³-hybridized carbons (Fsp3) is 0.438. The number of benzene rings is 1. The van der Waals surface area contributed by atoms with Crippen LogP contribution in [-0.2, 0) is 14.8 Å². The number of nitrogens with zero attached hydrogens (tertiary/aromatic N) is 1. The molecule has 1 aromatic rings. The zero-order valence-electron chi connectivity index (χ0n) is 13.0. The number of sulfonamides is 1. The molecule has 1 saturated heterocycles. The molecule has 1 heterocycles. The number of ether oxygens (including phenoxy) is 1. The monoisotopic (exact) mass is 336 g/mol. The molecule has 3 rings (SSSR count). The van der Waals surface area contributed by atoms with Crippen molar-refractivity contribution in [2.45, 2.75) is 17.6 Å². The first kappa shape index (κ1) is 16.0. The van der Waals surface area contributed by atoms with E-state index in [1.807, 2.05) is 0 Å². The summed E-state index contributed by atoms with van der Waals surface area (Å²) < 4.78 is 30.4. The van der Waals surface area contributed by atoms with E-state index in [1.54, 1.807) is 30.3 Å². The smallest absolute Gasteiger partial charge is 0.247 e. The molecule has 1 aliphatic carbocycles. The van der Waals surface area contributed by atoms with Gasteiger partial charge in [0.15, 0.2) is 4.75 Å². The number of rotatable bonds is 5. The van der Waals surface area contributed by atoms with Crippen LogP contribution in [0, 0.1) is 5.92 Å². The van der Waals surface area contributed by atoms with Crippen molar-refractivity contribution in [1.82, 2.24) is 4.31 Å². The molecule has 124 valence electrons. The van der Waals surface area contributed by atoms with Gasteiger partial charge in [0, 0.05) is 19.3 Å². The van der Waals surface area contributed by atoms with Crippen LogP contribution >= 0.6 is 0 Å². The average Bonchev–Trinajstić information content (AvgIpc) is 3.28. The standard InChI is InChI=1S/C16H20N2O4S/c1-3-10-22-14-6-4-13(5-7-14)17-15(19)16-11-12(16)8-9-18(2)23(16,20)21/h3-7,12H,1,8-11H2,2H3,(H,17,19)/t12-,16-/m1/s1. The molecule has 2 fully saturated rings. The van der Waals surface area contributed by atoms with Gasteiger partial charge in [0.05, 0.1) is 0 Å². The molecule has 1 aliphatic heterocycles. The highest BCUT2D eigenvalue weighted by Gasteiger charge is 2.71. The molecule has 2 aliphatic rings. The van der Waals surface area contributed by atoms with Gasteiger partial charge in [-0.05, 0) is 43.0 Å². The summed E-state index contributed by atoms with van der Waals surface area (Å²) in [6.45, 7) is 4.46. The molecule has 2 atom stereocenters. The van der Waals surface area contributed by atoms with Gasteiger partial charge in [-0.15, -0.1) is 0 Å². The third-order valence-electron chi connectivity index (χ3n) is 4.58. The minimum Gasteiger partial charge on any atom is -0.490 e. The fourth-order valence-electron chi connectivity index (χ4n) is 3.12. The largest absolute Gasteiger partial charge is 0.490 e. The Labute approximate surface area is 136 Å². The first-order valence-corrected chi connectivity index (χ1v) is 8.97. The van der Waals surface area contributed by atoms with Gasteiger partial charge in [-0.3, -0.25) is 4.79 Å². The molecule has 6 nitrogen and oxygen atoms in total. The van der Waals surface area contributed by atoms with Crippen LogP contribution in [0.25, 0.3) is 0 Å². The Balaban J connectivity index is 1.74. The molecule has 1 saturated carbocycles. The van der Waals surface area contributed by atoms with Gasteiger partial charge in [0.1, 0.15) is 12.4 Å². The Kier molecular flexibility index (Phi) is 3.93. The van der Waals surface area contributed by atoms with E-state index in [0.717, 1.165) is 6.42 Å². The summed E-state index contributed by atoms with van der Waals surface area (Å²) in [5, 5.41) is 2.73. The molecule has 1 N–H and O–H groups in total. The van der Waals surface area contributed by atoms with Crippen LogP contribution < -0.4 is 10.1 Å². The minimum atomic E-state index is -3.58. The highest BCUT2D eigenvalue weighted by atomic mass is 32.2. The van der Waals surface area contributed by atoms with Crippen LogP contribution in [0.15, 0.2) is 36.9 Å². The van der Waals surface area contributed by atoms with Gasteiger partial charge in [-0.25, -0.2) is 12.7 Å². The molecule has 0 radical (unpaired) electrons. The topological polar surface area (TPSA) is 75.7 Å². The second-order valence-corrected chi connectivity index (χ2v) is 8.29. The van der Waals surface area contributed by atoms with Gasteiger partial charge in [-0.1, -0.05) is 12.7 Å². The van der Waals surface area contributed by atoms with Gasteiger partial charge >= 0.3 is 0 Å². The number of hydrogen-bond acceptors (Lipinski definition) is 4. The minimum absolute atomic E-state index is 0.0705. The van der Waals surface area contributed by atoms with E-state index in [4.69, 9.17) is 4.74 Å². The zero-order chi connectivity index (χ0) is 16.7. The van der Waals surface area contributed by atoms with Crippen molar-refractivity contribution in [1.29, 1.82) is 0 Å². The SMILES string of the molecule is C=CCOc1ccc(NC(=O)[C@@]23C[C@H]2CCN(C)S3(=O)=O)cc1. The van der Waals surface area contributed by atoms with Gasteiger partial charge in [0.2, 0.25) is 15.9 Å². The highest BCUT2D eigenvalue weighted by Crippen LogP contribution is 2.56. The molecule has 1 aromatic carbocycles. The van der Waals surface area contributed by atoms with Crippen LogP contribution in [0.5, 0.6) is 5.75 Å². The number of hydrogen-bond donors (Lipinski definition) is 1. The number of fused-ring (bicyclic) bond motifs is 1. The Morgan fingerprint density at radius 3 is 2.83 bits per heavy atom. The predicted molar refractivity (Wildman–Crippen MR) is 87.8 cm³/mol. The number of carbonyl (C=O) groups is 1. The summed E-state index contributed by atoms with van der Waals surface area (Å²) in [6, 6.07) is 6.85. The van der Waals surface area contributed by atoms with Gasteiger partial charge < -0.3 is 10.1 Å². The van der Waals surface area contributed by atoms with E-state index >= 15 is 0 Å². The lowest BCUT2D eigenvalue weighted by Gasteiger charge is -2.28. The van der Waals surface area contributed by atoms with Crippen LogP contribution in [-0.4, -0.2) is 43.6 Å². The van der Waals surface area contributed by atoms with Crippen LogP contribution in [0.1, 0.15) is 12.8 Å². The molecular formula is C16H20N2O4S. The number of carbonyl (C=O) groups excluding carboxylic acids is 1. The third-order valence-corrected chi connectivity index (χ3v) is 7.19. The zero-order valence-corrected chi connectivity index (χ0v) is 13.8. The van der Waals surface area contributed by atoms with E-state index in [9.17, 15) is 13.2 Å². The first-order valence-electron chi connectivity index (χ1n) is 7.53. The Hall–Kier alpha value is -1.86. The average molecular weight is 336 g/mol. The summed E-state index contributed by atoms with van der Waals surface area (Å²) in [7, 11) is -2.05. The van der Waals surface area contributed by atoms with Crippen molar-refractivity contribution >= 4 is 21.6 Å². The lowest BCUT2D eigenvalue weighted by molar-refractivity contribution is -0.117. The second kappa shape index (κ2) is 5.65. The van der Waals surface area contributed by atoms with Gasteiger partial charge in [-0.2, -0.15) is 0 Å². The Morgan fingerprint density at radius 2 is 2.17 bits per heavy atom. The lowest BCUT2D eigenvalue weighted by Crippen LogP contribution is -2.50. The van der Waals surface area contributed by atoms with Crippen molar-refractivity contribution in [2.24, 2.45) is 5.92 Å². The molecular weight excluding hydrogens is 316 g/mol. The predicted octanol–water partition coefficient (Wildman–Crippen LogP) is 1.61. The van der Waals surface area contributed by atoms with Crippen LogP contribution in [0.4, 0.5) is 5.69 Å². The maximum Gasteiger partial charge on any atom is 0.247 e. The number of amides is 1. The van der Waals surface area contributed by atoms with Crippen molar-refractivity contribution in [2.75, 3.05) is 25.5 Å². The van der Waals surface area contributed by atoms with Crippen molar-refractivity contribution in [3.8, 4) is 5.75 Å². The van der Waals surface area contributed by atoms with Crippen LogP contribution in [0.2, 0.25) is 0 Å². The Bertz CT molecular complexity index is 729. The summed E-state index contributed by atoms with van der Waals surface area (Å²) in [5.41, 5.74) is 0.560. The second-order valence-electron chi connectivity index (χ2n) is 5.98. The lowest BCUT2D eigenvalue weighted by atomic mass is 10.2. The molecule has 0 unspecified atom stereocenters. The van der Waals surface area contributed by atoms with Crippen molar-refractivity contribution < 1.29 is 17.9 Å². The fourth-order valence-corrected chi connectivity index (χ4v) is 5.25. The van der Waals surface area contributed by atoms with E-state index in [2.05, 4.69) is 11.9 Å². The van der Waals surface area contributed by atoms with Crippen molar-refractivity contribution in [3.63, 3.8) is 0 Å². The summed E-state index contributed by atoms with van der Waals surface area (Å²) >= 11 is 0. The third kappa shape index (κ3) is 2.53. The van der Waals surface area contributed by atoms with Crippen LogP contribution in [0.3, 0.4) is 0 Å². The molecule has 0 aromatic heterocycles. The first-order chi connectivity index (χ1) is 10.9. The quantitative estimate of drug-likeness (QED) is 0.829. The molecule has 23 heavy (non-hydrogen) atoms.